The minimum absolute atomic E-state index is 0.918. The highest BCUT2D eigenvalue weighted by Gasteiger charge is 1.89. The van der Waals surface area contributed by atoms with Gasteiger partial charge in [-0.05, 0) is 12.5 Å². The van der Waals surface area contributed by atoms with Crippen molar-refractivity contribution < 1.29 is 0 Å². The molecule has 0 aliphatic rings. The van der Waals surface area contributed by atoms with E-state index in [1.165, 1.54) is 19.3 Å². The van der Waals surface area contributed by atoms with Gasteiger partial charge in [0.05, 0.1) is 0 Å². The van der Waals surface area contributed by atoms with E-state index in [4.69, 9.17) is 0 Å². The van der Waals surface area contributed by atoms with E-state index >= 15 is 0 Å². The predicted octanol–water partition coefficient (Wildman–Crippen LogP) is 2.08. The first-order valence-corrected chi connectivity index (χ1v) is 4.43. The summed E-state index contributed by atoms with van der Waals surface area (Å²) in [5.74, 6) is 0.918. The Bertz CT molecular complexity index is 198. The fourth-order valence-electron chi connectivity index (χ4n) is 0.987. The van der Waals surface area contributed by atoms with E-state index in [0.717, 1.165) is 12.4 Å². The average Bonchev–Trinajstić information content (AvgIpc) is 2.14. The van der Waals surface area contributed by atoms with Crippen LogP contribution < -0.4 is 5.32 Å². The standard InChI is InChI=1S/C9H15N3/c1-2-3-4-6-11-9-5-7-10-8-12-9/h5,7-8H,2-4,6H2,1H3,(H,10,11,12). The zero-order valence-corrected chi connectivity index (χ0v) is 7.45. The monoisotopic (exact) mass is 165 g/mol. The Labute approximate surface area is 73.2 Å². The lowest BCUT2D eigenvalue weighted by Gasteiger charge is -2.02. The van der Waals surface area contributed by atoms with E-state index < -0.39 is 0 Å². The van der Waals surface area contributed by atoms with E-state index in [2.05, 4.69) is 22.2 Å². The highest BCUT2D eigenvalue weighted by molar-refractivity contribution is 5.30. The number of anilines is 1. The van der Waals surface area contributed by atoms with Gasteiger partial charge in [-0.3, -0.25) is 0 Å². The van der Waals surface area contributed by atoms with Gasteiger partial charge in [-0.2, -0.15) is 0 Å². The van der Waals surface area contributed by atoms with Crippen LogP contribution in [0.3, 0.4) is 0 Å². The Morgan fingerprint density at radius 3 is 3.00 bits per heavy atom. The number of hydrogen-bond donors (Lipinski definition) is 1. The molecule has 0 saturated heterocycles. The molecule has 0 unspecified atom stereocenters. The minimum Gasteiger partial charge on any atom is -0.370 e. The molecule has 12 heavy (non-hydrogen) atoms. The molecule has 0 radical (unpaired) electrons. The maximum atomic E-state index is 4.05. The van der Waals surface area contributed by atoms with Crippen LogP contribution in [-0.4, -0.2) is 16.5 Å². The first-order chi connectivity index (χ1) is 5.93. The van der Waals surface area contributed by atoms with Gasteiger partial charge >= 0.3 is 0 Å². The molecule has 1 rings (SSSR count). The quantitative estimate of drug-likeness (QED) is 0.679. The van der Waals surface area contributed by atoms with E-state index in [0.29, 0.717) is 0 Å². The zero-order valence-electron chi connectivity index (χ0n) is 7.45. The Balaban J connectivity index is 2.16. The topological polar surface area (TPSA) is 37.8 Å². The minimum atomic E-state index is 0.918. The smallest absolute Gasteiger partial charge is 0.129 e. The number of unbranched alkanes of at least 4 members (excludes halogenated alkanes) is 2. The van der Waals surface area contributed by atoms with Gasteiger partial charge in [0, 0.05) is 12.7 Å². The largest absolute Gasteiger partial charge is 0.370 e. The molecule has 0 atom stereocenters. The van der Waals surface area contributed by atoms with Crippen molar-refractivity contribution >= 4 is 5.82 Å². The maximum Gasteiger partial charge on any atom is 0.129 e. The molecule has 0 saturated carbocycles. The van der Waals surface area contributed by atoms with E-state index in [1.807, 2.05) is 6.07 Å². The summed E-state index contributed by atoms with van der Waals surface area (Å²) in [6.45, 7) is 3.20. The molecule has 0 bridgehead atoms. The number of nitrogens with one attached hydrogen (secondary N) is 1. The summed E-state index contributed by atoms with van der Waals surface area (Å²) < 4.78 is 0. The van der Waals surface area contributed by atoms with Crippen molar-refractivity contribution in [3.05, 3.63) is 18.6 Å². The summed E-state index contributed by atoms with van der Waals surface area (Å²) in [5.41, 5.74) is 0. The van der Waals surface area contributed by atoms with Gasteiger partial charge in [-0.25, -0.2) is 9.97 Å². The van der Waals surface area contributed by atoms with Crippen molar-refractivity contribution in [3.63, 3.8) is 0 Å². The van der Waals surface area contributed by atoms with Crippen LogP contribution in [-0.2, 0) is 0 Å². The Morgan fingerprint density at radius 1 is 1.42 bits per heavy atom. The molecule has 1 heterocycles. The van der Waals surface area contributed by atoms with Gasteiger partial charge in [0.25, 0.3) is 0 Å². The first-order valence-electron chi connectivity index (χ1n) is 4.43. The van der Waals surface area contributed by atoms with Crippen LogP contribution in [0.4, 0.5) is 5.82 Å². The summed E-state index contributed by atoms with van der Waals surface area (Å²) in [6, 6.07) is 1.88. The molecule has 1 aromatic heterocycles. The predicted molar refractivity (Wildman–Crippen MR) is 50.0 cm³/mol. The summed E-state index contributed by atoms with van der Waals surface area (Å²) in [6.07, 6.45) is 7.04. The molecule has 0 aromatic carbocycles. The first kappa shape index (κ1) is 8.97. The molecule has 66 valence electrons. The van der Waals surface area contributed by atoms with Crippen LogP contribution in [0.5, 0.6) is 0 Å². The molecule has 0 aliphatic heterocycles. The lowest BCUT2D eigenvalue weighted by molar-refractivity contribution is 0.742. The Hall–Kier alpha value is -1.12. The molecule has 3 heteroatoms. The molecule has 0 spiro atoms. The van der Waals surface area contributed by atoms with Gasteiger partial charge in [0.1, 0.15) is 12.1 Å². The molecule has 1 N–H and O–H groups in total. The van der Waals surface area contributed by atoms with Crippen LogP contribution in [0.15, 0.2) is 18.6 Å². The number of aromatic nitrogens is 2. The Morgan fingerprint density at radius 2 is 2.33 bits per heavy atom. The lowest BCUT2D eigenvalue weighted by atomic mass is 10.2. The van der Waals surface area contributed by atoms with Crippen molar-refractivity contribution in [1.29, 1.82) is 0 Å². The van der Waals surface area contributed by atoms with Crippen LogP contribution >= 0.6 is 0 Å². The van der Waals surface area contributed by atoms with Crippen LogP contribution in [0, 0.1) is 0 Å². The third kappa shape index (κ3) is 3.32. The highest BCUT2D eigenvalue weighted by atomic mass is 15.0. The summed E-state index contributed by atoms with van der Waals surface area (Å²) in [5, 5.41) is 3.23. The molecular formula is C9H15N3. The fraction of sp³-hybridized carbons (Fsp3) is 0.556. The fourth-order valence-corrected chi connectivity index (χ4v) is 0.987. The number of nitrogens with zero attached hydrogens (tertiary/aromatic N) is 2. The van der Waals surface area contributed by atoms with Gasteiger partial charge < -0.3 is 5.32 Å². The maximum absolute atomic E-state index is 4.05. The second kappa shape index (κ2) is 5.52. The van der Waals surface area contributed by atoms with E-state index in [9.17, 15) is 0 Å². The third-order valence-corrected chi connectivity index (χ3v) is 1.67. The molecule has 3 nitrogen and oxygen atoms in total. The van der Waals surface area contributed by atoms with E-state index in [1.54, 1.807) is 12.5 Å². The van der Waals surface area contributed by atoms with Crippen molar-refractivity contribution in [2.75, 3.05) is 11.9 Å². The summed E-state index contributed by atoms with van der Waals surface area (Å²) in [7, 11) is 0. The van der Waals surface area contributed by atoms with Crippen molar-refractivity contribution in [2.45, 2.75) is 26.2 Å². The molecule has 1 aromatic rings. The van der Waals surface area contributed by atoms with Crippen LogP contribution in [0.1, 0.15) is 26.2 Å². The van der Waals surface area contributed by atoms with Gasteiger partial charge in [-0.1, -0.05) is 19.8 Å². The van der Waals surface area contributed by atoms with Gasteiger partial charge in [-0.15, -0.1) is 0 Å². The molecular weight excluding hydrogens is 150 g/mol. The average molecular weight is 165 g/mol. The van der Waals surface area contributed by atoms with E-state index in [-0.39, 0.29) is 0 Å². The second-order valence-electron chi connectivity index (χ2n) is 2.73. The number of hydrogen-bond acceptors (Lipinski definition) is 3. The van der Waals surface area contributed by atoms with Crippen molar-refractivity contribution in [3.8, 4) is 0 Å². The van der Waals surface area contributed by atoms with Crippen molar-refractivity contribution in [1.82, 2.24) is 9.97 Å². The van der Waals surface area contributed by atoms with Gasteiger partial charge in [0.15, 0.2) is 0 Å². The molecule has 0 amide bonds. The van der Waals surface area contributed by atoms with Crippen LogP contribution in [0.2, 0.25) is 0 Å². The summed E-state index contributed by atoms with van der Waals surface area (Å²) >= 11 is 0. The number of rotatable bonds is 5. The van der Waals surface area contributed by atoms with Gasteiger partial charge in [0.2, 0.25) is 0 Å². The normalized spacial score (nSPS) is 9.75. The Kier molecular flexibility index (Phi) is 4.13. The second-order valence-corrected chi connectivity index (χ2v) is 2.73. The lowest BCUT2D eigenvalue weighted by Crippen LogP contribution is -2.02. The third-order valence-electron chi connectivity index (χ3n) is 1.67. The SMILES string of the molecule is CCCCCNc1ccncn1. The summed E-state index contributed by atoms with van der Waals surface area (Å²) in [4.78, 5) is 7.89. The highest BCUT2D eigenvalue weighted by Crippen LogP contribution is 1.99. The van der Waals surface area contributed by atoms with Crippen molar-refractivity contribution in [2.24, 2.45) is 0 Å². The van der Waals surface area contributed by atoms with Crippen LogP contribution in [0.25, 0.3) is 0 Å². The molecule has 0 fully saturated rings. The zero-order chi connectivity index (χ0) is 8.65. The molecule has 0 aliphatic carbocycles.